The predicted octanol–water partition coefficient (Wildman–Crippen LogP) is 5.41. The molecule has 0 saturated carbocycles. The lowest BCUT2D eigenvalue weighted by atomic mass is 9.92. The number of nitrogens with zero attached hydrogens (tertiary/aromatic N) is 1. The Morgan fingerprint density at radius 2 is 1.79 bits per heavy atom. The van der Waals surface area contributed by atoms with Crippen molar-refractivity contribution in [2.45, 2.75) is 63.1 Å². The number of rotatable bonds is 6. The van der Waals surface area contributed by atoms with Crippen LogP contribution in [0.5, 0.6) is 0 Å². The summed E-state index contributed by atoms with van der Waals surface area (Å²) >= 11 is 6.21. The van der Waals surface area contributed by atoms with E-state index in [9.17, 15) is 27.6 Å². The molecule has 0 bridgehead atoms. The van der Waals surface area contributed by atoms with Crippen molar-refractivity contribution < 1.29 is 32.2 Å². The van der Waals surface area contributed by atoms with Crippen LogP contribution in [-0.4, -0.2) is 41.4 Å². The van der Waals surface area contributed by atoms with Crippen molar-refractivity contribution in [3.8, 4) is 11.1 Å². The number of anilines is 1. The van der Waals surface area contributed by atoms with E-state index in [1.165, 1.54) is 59.3 Å². The molecule has 2 aliphatic heterocycles. The molecule has 222 valence electrons. The molecule has 3 atom stereocenters. The van der Waals surface area contributed by atoms with Gasteiger partial charge in [0.05, 0.1) is 12.7 Å². The predicted molar refractivity (Wildman–Crippen MR) is 150 cm³/mol. The molecule has 0 spiro atoms. The molecule has 2 aliphatic rings. The van der Waals surface area contributed by atoms with E-state index in [1.54, 1.807) is 0 Å². The van der Waals surface area contributed by atoms with E-state index in [2.05, 4.69) is 5.32 Å². The largest absolute Gasteiger partial charge is 0.414 e. The number of carbonyl (C=O) groups excluding carboxylic acids is 2. The maximum absolute atomic E-state index is 13.8. The molecule has 5 rings (SSSR count). The Bertz CT molecular complexity index is 1530. The van der Waals surface area contributed by atoms with E-state index in [1.807, 2.05) is 0 Å². The van der Waals surface area contributed by atoms with Crippen molar-refractivity contribution in [2.24, 2.45) is 5.73 Å². The summed E-state index contributed by atoms with van der Waals surface area (Å²) in [6, 6.07) is 10.8. The van der Waals surface area contributed by atoms with Crippen molar-refractivity contribution in [1.82, 2.24) is 4.57 Å². The van der Waals surface area contributed by atoms with Gasteiger partial charge in [0.1, 0.15) is 6.04 Å². The number of hydrogen-bond donors (Lipinski definition) is 2. The zero-order valence-corrected chi connectivity index (χ0v) is 23.2. The van der Waals surface area contributed by atoms with E-state index in [-0.39, 0.29) is 18.1 Å². The van der Waals surface area contributed by atoms with Crippen LogP contribution < -0.4 is 16.6 Å². The van der Waals surface area contributed by atoms with Gasteiger partial charge in [0.25, 0.3) is 5.56 Å². The Hall–Kier alpha value is -3.67. The minimum atomic E-state index is -4.62. The molecular formula is C30H29ClF3N3O5. The van der Waals surface area contributed by atoms with Gasteiger partial charge < -0.3 is 25.1 Å². The van der Waals surface area contributed by atoms with Gasteiger partial charge >= 0.3 is 6.18 Å². The highest BCUT2D eigenvalue weighted by Crippen LogP contribution is 2.37. The first-order chi connectivity index (χ1) is 20.0. The van der Waals surface area contributed by atoms with Gasteiger partial charge in [-0.1, -0.05) is 17.7 Å². The number of ether oxygens (including phenoxy) is 2. The third-order valence-corrected chi connectivity index (χ3v) is 7.81. The molecule has 2 amide bonds. The van der Waals surface area contributed by atoms with Crippen molar-refractivity contribution >= 4 is 29.1 Å². The van der Waals surface area contributed by atoms with Crippen molar-refractivity contribution in [1.29, 1.82) is 0 Å². The molecule has 0 aliphatic carbocycles. The molecule has 42 heavy (non-hydrogen) atoms. The van der Waals surface area contributed by atoms with Gasteiger partial charge in [-0.05, 0) is 72.4 Å². The van der Waals surface area contributed by atoms with E-state index in [4.69, 9.17) is 26.8 Å². The van der Waals surface area contributed by atoms with Crippen LogP contribution in [0.1, 0.15) is 53.2 Å². The number of hydrogen-bond acceptors (Lipinski definition) is 5. The number of amides is 2. The Morgan fingerprint density at radius 3 is 2.45 bits per heavy atom. The Morgan fingerprint density at radius 1 is 1.05 bits per heavy atom. The third-order valence-electron chi connectivity index (χ3n) is 7.57. The number of fused-ring (bicyclic) bond motifs is 3. The second-order valence-electron chi connectivity index (χ2n) is 10.5. The number of aromatic nitrogens is 1. The highest BCUT2D eigenvalue weighted by atomic mass is 35.5. The number of pyridine rings is 1. The van der Waals surface area contributed by atoms with Gasteiger partial charge in [-0.2, -0.15) is 13.2 Å². The fourth-order valence-corrected chi connectivity index (χ4v) is 5.54. The highest BCUT2D eigenvalue weighted by molar-refractivity contribution is 6.30. The number of benzene rings is 2. The van der Waals surface area contributed by atoms with Gasteiger partial charge in [0.15, 0.2) is 6.10 Å². The Kier molecular flexibility index (Phi) is 8.72. The lowest BCUT2D eigenvalue weighted by Crippen LogP contribution is -2.37. The minimum absolute atomic E-state index is 0.165. The molecule has 3 N–H and O–H groups in total. The summed E-state index contributed by atoms with van der Waals surface area (Å²) in [5.41, 5.74) is 6.86. The second kappa shape index (κ2) is 12.3. The van der Waals surface area contributed by atoms with Gasteiger partial charge in [-0.3, -0.25) is 14.4 Å². The summed E-state index contributed by atoms with van der Waals surface area (Å²) in [7, 11) is 0. The van der Waals surface area contributed by atoms with Crippen molar-refractivity contribution in [3.63, 3.8) is 0 Å². The van der Waals surface area contributed by atoms with Crippen LogP contribution in [0.3, 0.4) is 0 Å². The molecule has 3 aromatic rings. The van der Waals surface area contributed by atoms with E-state index < -0.39 is 48.7 Å². The molecule has 1 aromatic heterocycles. The number of halogens is 4. The quantitative estimate of drug-likeness (QED) is 0.391. The van der Waals surface area contributed by atoms with Gasteiger partial charge in [-0.25, -0.2) is 0 Å². The smallest absolute Gasteiger partial charge is 0.378 e. The first-order valence-corrected chi connectivity index (χ1v) is 13.9. The molecule has 2 aromatic carbocycles. The topological polar surface area (TPSA) is 113 Å². The summed E-state index contributed by atoms with van der Waals surface area (Å²) in [5.74, 6) is -1.15. The molecule has 8 nitrogen and oxygen atoms in total. The summed E-state index contributed by atoms with van der Waals surface area (Å²) < 4.78 is 53.9. The average molecular weight is 604 g/mol. The number of nitrogens with two attached hydrogens (primary N) is 1. The average Bonchev–Trinajstić information content (AvgIpc) is 2.94. The maximum atomic E-state index is 13.8. The lowest BCUT2D eigenvalue weighted by molar-refractivity contribution is -0.223. The van der Waals surface area contributed by atoms with Crippen LogP contribution >= 0.6 is 11.6 Å². The summed E-state index contributed by atoms with van der Waals surface area (Å²) in [4.78, 5) is 38.7. The zero-order valence-electron chi connectivity index (χ0n) is 22.5. The number of alkyl halides is 3. The molecule has 0 unspecified atom stereocenters. The number of primary amides is 1. The SMILES string of the molecule is NC(=O)c1ccc(NC(=O)[C@H](C[C@@H]2CCCCO2)n2cc3c(cc2=O)-c2cc(Cl)ccc2C[C@@H](C(F)(F)F)OC3)cc1. The summed E-state index contributed by atoms with van der Waals surface area (Å²) in [6.45, 7) is 0.0888. The first-order valence-electron chi connectivity index (χ1n) is 13.5. The lowest BCUT2D eigenvalue weighted by Gasteiger charge is -2.29. The van der Waals surface area contributed by atoms with Crippen molar-refractivity contribution in [3.05, 3.63) is 86.8 Å². The van der Waals surface area contributed by atoms with Crippen LogP contribution in [0.4, 0.5) is 18.9 Å². The van der Waals surface area contributed by atoms with Crippen LogP contribution in [0.25, 0.3) is 11.1 Å². The zero-order chi connectivity index (χ0) is 30.0. The molecule has 0 radical (unpaired) electrons. The van der Waals surface area contributed by atoms with Crippen LogP contribution in [0.2, 0.25) is 5.02 Å². The Balaban J connectivity index is 1.55. The number of carbonyl (C=O) groups is 2. The second-order valence-corrected chi connectivity index (χ2v) is 10.9. The van der Waals surface area contributed by atoms with E-state index in [0.717, 1.165) is 12.8 Å². The van der Waals surface area contributed by atoms with Crippen molar-refractivity contribution in [2.75, 3.05) is 11.9 Å². The highest BCUT2D eigenvalue weighted by Gasteiger charge is 2.42. The minimum Gasteiger partial charge on any atom is -0.378 e. The number of nitrogens with one attached hydrogen (secondary N) is 1. The summed E-state index contributed by atoms with van der Waals surface area (Å²) in [5, 5.41) is 3.08. The first kappa shape index (κ1) is 29.8. The Labute approximate surface area is 244 Å². The van der Waals surface area contributed by atoms with Gasteiger partial charge in [0.2, 0.25) is 11.8 Å². The molecule has 12 heteroatoms. The van der Waals surface area contributed by atoms with Crippen LogP contribution in [0.15, 0.2) is 59.5 Å². The molecule has 3 heterocycles. The monoisotopic (exact) mass is 603 g/mol. The van der Waals surface area contributed by atoms with E-state index >= 15 is 0 Å². The normalized spacial score (nSPS) is 19.5. The van der Waals surface area contributed by atoms with Crippen LogP contribution in [0, 0.1) is 0 Å². The standard InChI is InChI=1S/C30H29ClF3N3O5/c31-20-7-4-18-11-26(30(32,33)34)42-16-19-15-37(27(38)14-24(19)23(18)12-20)25(13-22-3-1-2-10-41-22)29(40)36-21-8-5-17(6-9-21)28(35)39/h4-9,12,14-15,22,25-26H,1-3,10-11,13,16H2,(H2,35,39)(H,36,40)/t22-,25-,26-/m0/s1. The summed E-state index contributed by atoms with van der Waals surface area (Å²) in [6.07, 6.45) is -3.38. The molecule has 1 saturated heterocycles. The third kappa shape index (κ3) is 6.69. The van der Waals surface area contributed by atoms with Crippen LogP contribution in [-0.2, 0) is 27.3 Å². The fraction of sp³-hybridized carbons (Fsp3) is 0.367. The van der Waals surface area contributed by atoms with E-state index in [0.29, 0.717) is 46.0 Å². The molecule has 1 fully saturated rings. The molecular weight excluding hydrogens is 575 g/mol. The maximum Gasteiger partial charge on any atom is 0.414 e. The van der Waals surface area contributed by atoms with Gasteiger partial charge in [0, 0.05) is 53.5 Å². The van der Waals surface area contributed by atoms with Gasteiger partial charge in [-0.15, -0.1) is 0 Å². The fourth-order valence-electron chi connectivity index (χ4n) is 5.37.